The van der Waals surface area contributed by atoms with Crippen LogP contribution in [0.25, 0.3) is 0 Å². The number of methoxy groups -OCH3 is 1. The number of nitrogens with zero attached hydrogens (tertiary/aromatic N) is 3. The molecule has 0 aliphatic carbocycles. The first-order valence-electron chi connectivity index (χ1n) is 10.7. The van der Waals surface area contributed by atoms with Crippen LogP contribution >= 0.6 is 11.3 Å². The van der Waals surface area contributed by atoms with E-state index < -0.39 is 0 Å². The summed E-state index contributed by atoms with van der Waals surface area (Å²) in [6.07, 6.45) is 1.71. The molecule has 0 spiro atoms. The van der Waals surface area contributed by atoms with E-state index in [1.54, 1.807) is 48.6 Å². The van der Waals surface area contributed by atoms with Gasteiger partial charge in [0.2, 0.25) is 5.91 Å². The lowest BCUT2D eigenvalue weighted by Gasteiger charge is -2.35. The monoisotopic (exact) mass is 460 g/mol. The van der Waals surface area contributed by atoms with Gasteiger partial charge < -0.3 is 19.7 Å². The quantitative estimate of drug-likeness (QED) is 0.755. The van der Waals surface area contributed by atoms with Crippen LogP contribution in [-0.2, 0) is 16.1 Å². The minimum absolute atomic E-state index is 0.0726. The van der Waals surface area contributed by atoms with Crippen molar-refractivity contribution in [2.45, 2.75) is 39.5 Å². The Morgan fingerprint density at radius 3 is 2.78 bits per heavy atom. The van der Waals surface area contributed by atoms with Crippen LogP contribution in [0.2, 0.25) is 0 Å². The highest BCUT2D eigenvalue weighted by Gasteiger charge is 2.28. The Balaban J connectivity index is 1.94. The molecule has 0 fully saturated rings. The van der Waals surface area contributed by atoms with Gasteiger partial charge in [-0.3, -0.25) is 14.5 Å². The van der Waals surface area contributed by atoms with E-state index in [1.165, 1.54) is 6.92 Å². The maximum absolute atomic E-state index is 13.2. The number of carbonyl (C=O) groups is 2. The van der Waals surface area contributed by atoms with Gasteiger partial charge in [-0.15, -0.1) is 11.3 Å². The zero-order valence-electron chi connectivity index (χ0n) is 19.3. The molecule has 8 nitrogen and oxygen atoms in total. The fourth-order valence-corrected chi connectivity index (χ4v) is 4.49. The molecular weight excluding hydrogens is 428 g/mol. The number of rotatable bonds is 4. The molecule has 1 aliphatic rings. The minimum Gasteiger partial charge on any atom is -0.491 e. The Morgan fingerprint density at radius 2 is 2.12 bits per heavy atom. The largest absolute Gasteiger partial charge is 0.491 e. The van der Waals surface area contributed by atoms with E-state index in [-0.39, 0.29) is 29.9 Å². The summed E-state index contributed by atoms with van der Waals surface area (Å²) in [5.41, 5.74) is 1.05. The van der Waals surface area contributed by atoms with Crippen LogP contribution in [0.3, 0.4) is 0 Å². The van der Waals surface area contributed by atoms with Crippen molar-refractivity contribution in [3.63, 3.8) is 0 Å². The number of nitrogens with one attached hydrogen (secondary N) is 1. The highest BCUT2D eigenvalue weighted by Crippen LogP contribution is 2.27. The molecule has 0 radical (unpaired) electrons. The lowest BCUT2D eigenvalue weighted by Crippen LogP contribution is -2.46. The number of likely N-dealkylation sites (N-methyl/N-ethyl adjacent to an activating group) is 1. The van der Waals surface area contributed by atoms with E-state index in [2.05, 4.69) is 29.0 Å². The van der Waals surface area contributed by atoms with Crippen molar-refractivity contribution in [3.05, 3.63) is 40.3 Å². The van der Waals surface area contributed by atoms with E-state index in [0.29, 0.717) is 30.2 Å². The molecular formula is C23H32N4O4S. The first kappa shape index (κ1) is 24.2. The number of ether oxygens (including phenoxy) is 2. The first-order chi connectivity index (χ1) is 15.3. The second-order valence-electron chi connectivity index (χ2n) is 8.34. The van der Waals surface area contributed by atoms with Gasteiger partial charge in [-0.25, -0.2) is 4.98 Å². The topological polar surface area (TPSA) is 84.0 Å². The normalized spacial score (nSPS) is 23.0. The standard InChI is InChI=1S/C23H32N4O4S/c1-15-11-27(13-22-24-8-9-32-22)16(2)14-31-20-10-18(25-17(3)28)6-7-19(20)23(29)26(4)12-21(15)30-5/h6-10,15-16,21H,11-14H2,1-5H3,(H,25,28)/t15-,16+,21-/m0/s1. The lowest BCUT2D eigenvalue weighted by molar-refractivity contribution is -0.114. The van der Waals surface area contributed by atoms with Gasteiger partial charge in [0, 0.05) is 63.5 Å². The average Bonchev–Trinajstić information content (AvgIpc) is 3.26. The van der Waals surface area contributed by atoms with Crippen LogP contribution in [0.5, 0.6) is 5.75 Å². The zero-order valence-corrected chi connectivity index (χ0v) is 20.1. The fraction of sp³-hybridized carbons (Fsp3) is 0.522. The van der Waals surface area contributed by atoms with Gasteiger partial charge in [0.15, 0.2) is 0 Å². The van der Waals surface area contributed by atoms with Gasteiger partial charge >= 0.3 is 0 Å². The second-order valence-corrected chi connectivity index (χ2v) is 9.32. The third kappa shape index (κ3) is 6.05. The van der Waals surface area contributed by atoms with Gasteiger partial charge in [-0.1, -0.05) is 6.92 Å². The number of amides is 2. The smallest absolute Gasteiger partial charge is 0.257 e. The van der Waals surface area contributed by atoms with Crippen LogP contribution in [0, 0.1) is 5.92 Å². The second kappa shape index (κ2) is 10.9. The lowest BCUT2D eigenvalue weighted by atomic mass is 10.0. The molecule has 1 aromatic heterocycles. The van der Waals surface area contributed by atoms with Gasteiger partial charge in [0.05, 0.1) is 18.2 Å². The highest BCUT2D eigenvalue weighted by molar-refractivity contribution is 7.09. The summed E-state index contributed by atoms with van der Waals surface area (Å²) in [6, 6.07) is 5.20. The predicted octanol–water partition coefficient (Wildman–Crippen LogP) is 3.11. The molecule has 2 amide bonds. The van der Waals surface area contributed by atoms with Crippen molar-refractivity contribution in [1.82, 2.24) is 14.8 Å². The summed E-state index contributed by atoms with van der Waals surface area (Å²) in [6.45, 7) is 8.06. The molecule has 1 aromatic carbocycles. The Kier molecular flexibility index (Phi) is 8.22. The van der Waals surface area contributed by atoms with Gasteiger partial charge in [-0.05, 0) is 25.0 Å². The number of fused-ring (bicyclic) bond motifs is 1. The van der Waals surface area contributed by atoms with Gasteiger partial charge in [0.25, 0.3) is 5.91 Å². The fourth-order valence-electron chi connectivity index (χ4n) is 3.85. The van der Waals surface area contributed by atoms with Crippen LogP contribution in [0.15, 0.2) is 29.8 Å². The number of thiazole rings is 1. The van der Waals surface area contributed by atoms with E-state index in [1.807, 2.05) is 11.6 Å². The highest BCUT2D eigenvalue weighted by atomic mass is 32.1. The molecule has 1 N–H and O–H groups in total. The Hall–Kier alpha value is -2.49. The summed E-state index contributed by atoms with van der Waals surface area (Å²) < 4.78 is 11.9. The van der Waals surface area contributed by atoms with Crippen LogP contribution in [0.4, 0.5) is 5.69 Å². The molecule has 2 heterocycles. The summed E-state index contributed by atoms with van der Waals surface area (Å²) >= 11 is 1.63. The van der Waals surface area contributed by atoms with Crippen LogP contribution in [0.1, 0.15) is 36.1 Å². The van der Waals surface area contributed by atoms with Crippen molar-refractivity contribution < 1.29 is 19.1 Å². The molecule has 32 heavy (non-hydrogen) atoms. The molecule has 3 atom stereocenters. The predicted molar refractivity (Wildman–Crippen MR) is 125 cm³/mol. The number of anilines is 1. The number of hydrogen-bond acceptors (Lipinski definition) is 7. The maximum Gasteiger partial charge on any atom is 0.257 e. The van der Waals surface area contributed by atoms with Crippen molar-refractivity contribution in [1.29, 1.82) is 0 Å². The number of hydrogen-bond donors (Lipinski definition) is 1. The van der Waals surface area contributed by atoms with Crippen molar-refractivity contribution in [3.8, 4) is 5.75 Å². The molecule has 0 bridgehead atoms. The summed E-state index contributed by atoms with van der Waals surface area (Å²) in [7, 11) is 3.46. The average molecular weight is 461 g/mol. The molecule has 3 rings (SSSR count). The molecule has 0 saturated heterocycles. The van der Waals surface area contributed by atoms with Gasteiger partial charge in [0.1, 0.15) is 17.4 Å². The molecule has 9 heteroatoms. The SMILES string of the molecule is CO[C@H]1CN(C)C(=O)c2ccc(NC(C)=O)cc2OC[C@@H](C)N(Cc2nccs2)C[C@@H]1C. The van der Waals surface area contributed by atoms with Crippen molar-refractivity contribution >= 4 is 28.8 Å². The van der Waals surface area contributed by atoms with E-state index in [4.69, 9.17) is 9.47 Å². The minimum atomic E-state index is -0.179. The Bertz CT molecular complexity index is 921. The first-order valence-corrected chi connectivity index (χ1v) is 11.6. The third-order valence-electron chi connectivity index (χ3n) is 5.72. The van der Waals surface area contributed by atoms with E-state index in [9.17, 15) is 9.59 Å². The molecule has 2 aromatic rings. The number of carbonyl (C=O) groups excluding carboxylic acids is 2. The van der Waals surface area contributed by atoms with E-state index >= 15 is 0 Å². The van der Waals surface area contributed by atoms with E-state index in [0.717, 1.165) is 18.1 Å². The molecule has 0 unspecified atom stereocenters. The van der Waals surface area contributed by atoms with Gasteiger partial charge in [-0.2, -0.15) is 0 Å². The zero-order chi connectivity index (χ0) is 23.3. The molecule has 0 saturated carbocycles. The molecule has 1 aliphatic heterocycles. The number of aromatic nitrogens is 1. The van der Waals surface area contributed by atoms with Crippen LogP contribution in [-0.4, -0.2) is 72.6 Å². The Labute approximate surface area is 193 Å². The van der Waals surface area contributed by atoms with Crippen molar-refractivity contribution in [2.24, 2.45) is 5.92 Å². The van der Waals surface area contributed by atoms with Crippen molar-refractivity contribution in [2.75, 3.05) is 39.2 Å². The maximum atomic E-state index is 13.2. The molecule has 174 valence electrons. The summed E-state index contributed by atoms with van der Waals surface area (Å²) in [5.74, 6) is 0.327. The summed E-state index contributed by atoms with van der Waals surface area (Å²) in [5, 5.41) is 5.79. The Morgan fingerprint density at radius 1 is 1.34 bits per heavy atom. The van der Waals surface area contributed by atoms with Crippen LogP contribution < -0.4 is 10.1 Å². The number of benzene rings is 1. The summed E-state index contributed by atoms with van der Waals surface area (Å²) in [4.78, 5) is 33.2. The third-order valence-corrected chi connectivity index (χ3v) is 6.48.